The van der Waals surface area contributed by atoms with Gasteiger partial charge in [-0.25, -0.2) is 4.79 Å². The number of hydrogen-bond donors (Lipinski definition) is 2. The molecule has 0 aromatic carbocycles. The van der Waals surface area contributed by atoms with E-state index in [2.05, 4.69) is 17.1 Å². The lowest BCUT2D eigenvalue weighted by atomic mass is 10.1. The van der Waals surface area contributed by atoms with Gasteiger partial charge in [0.25, 0.3) is 0 Å². The number of unbranched alkanes of at least 4 members (excludes halogenated alkanes) is 6. The smallest absolute Gasteiger partial charge is 0.319 e. The van der Waals surface area contributed by atoms with Crippen LogP contribution in [-0.4, -0.2) is 17.9 Å². The maximum absolute atomic E-state index is 10.4. The summed E-state index contributed by atoms with van der Waals surface area (Å²) < 4.78 is 0. The molecule has 0 unspecified atom stereocenters. The van der Waals surface area contributed by atoms with Gasteiger partial charge in [-0.05, 0) is 6.42 Å². The highest BCUT2D eigenvalue weighted by atomic mass is 17.1. The minimum atomic E-state index is -0.768. The van der Waals surface area contributed by atoms with Crippen molar-refractivity contribution < 1.29 is 14.9 Å². The van der Waals surface area contributed by atoms with Gasteiger partial charge in [0.2, 0.25) is 0 Å². The molecule has 4 nitrogen and oxygen atoms in total. The number of hydrogen-bond acceptors (Lipinski definition) is 3. The first-order valence-electron chi connectivity index (χ1n) is 5.40. The van der Waals surface area contributed by atoms with E-state index in [1.165, 1.54) is 32.1 Å². The average molecular weight is 203 g/mol. The molecule has 0 fully saturated rings. The van der Waals surface area contributed by atoms with Gasteiger partial charge >= 0.3 is 6.09 Å². The number of carbonyl (C=O) groups excluding carboxylic acids is 1. The molecule has 2 N–H and O–H groups in total. The van der Waals surface area contributed by atoms with Crippen LogP contribution in [0.3, 0.4) is 0 Å². The standard InChI is InChI=1S/C10H21NO3/c1-2-3-4-5-6-7-8-9-11-10(12)14-13/h13H,2-9H2,1H3,(H,11,12). The Morgan fingerprint density at radius 2 is 1.71 bits per heavy atom. The summed E-state index contributed by atoms with van der Waals surface area (Å²) in [6, 6.07) is 0. The van der Waals surface area contributed by atoms with Crippen molar-refractivity contribution in [1.29, 1.82) is 0 Å². The fourth-order valence-corrected chi connectivity index (χ4v) is 1.30. The van der Waals surface area contributed by atoms with Crippen LogP contribution in [0, 0.1) is 0 Å². The molecule has 0 aliphatic heterocycles. The first kappa shape index (κ1) is 13.2. The molecule has 84 valence electrons. The van der Waals surface area contributed by atoms with E-state index in [9.17, 15) is 4.79 Å². The van der Waals surface area contributed by atoms with Gasteiger partial charge in [-0.2, -0.15) is 5.26 Å². The van der Waals surface area contributed by atoms with Crippen LogP contribution in [0.2, 0.25) is 0 Å². The third-order valence-corrected chi connectivity index (χ3v) is 2.13. The van der Waals surface area contributed by atoms with Crippen LogP contribution in [-0.2, 0) is 4.89 Å². The Kier molecular flexibility index (Phi) is 9.74. The summed E-state index contributed by atoms with van der Waals surface area (Å²) in [5, 5.41) is 10.3. The Hall–Kier alpha value is -0.770. The van der Waals surface area contributed by atoms with Gasteiger partial charge in [-0.3, -0.25) is 4.89 Å². The Bertz CT molecular complexity index is 139. The van der Waals surface area contributed by atoms with Crippen molar-refractivity contribution in [2.24, 2.45) is 0 Å². The van der Waals surface area contributed by atoms with E-state index in [0.717, 1.165) is 12.8 Å². The molecular formula is C10H21NO3. The number of rotatable bonds is 8. The van der Waals surface area contributed by atoms with Crippen molar-refractivity contribution in [3.05, 3.63) is 0 Å². The normalized spacial score (nSPS) is 9.86. The van der Waals surface area contributed by atoms with Gasteiger partial charge in [0.1, 0.15) is 0 Å². The minimum absolute atomic E-state index is 0.577. The molecule has 0 spiro atoms. The largest absolute Gasteiger partial charge is 0.438 e. The van der Waals surface area contributed by atoms with E-state index in [0.29, 0.717) is 6.54 Å². The monoisotopic (exact) mass is 203 g/mol. The highest BCUT2D eigenvalue weighted by Gasteiger charge is 1.97. The summed E-state index contributed by atoms with van der Waals surface area (Å²) in [5.74, 6) is 0. The third-order valence-electron chi connectivity index (χ3n) is 2.13. The molecule has 0 bridgehead atoms. The summed E-state index contributed by atoms with van der Waals surface area (Å²) in [7, 11) is 0. The van der Waals surface area contributed by atoms with Gasteiger partial charge in [0, 0.05) is 6.54 Å². The van der Waals surface area contributed by atoms with Crippen molar-refractivity contribution in [3.8, 4) is 0 Å². The van der Waals surface area contributed by atoms with Crippen LogP contribution >= 0.6 is 0 Å². The van der Waals surface area contributed by atoms with Gasteiger partial charge < -0.3 is 5.32 Å². The molecule has 0 radical (unpaired) electrons. The van der Waals surface area contributed by atoms with Gasteiger partial charge in [0.15, 0.2) is 0 Å². The SMILES string of the molecule is CCCCCCCCCNC(=O)OO. The second-order valence-electron chi connectivity index (χ2n) is 3.43. The first-order valence-corrected chi connectivity index (χ1v) is 5.40. The molecule has 1 amide bonds. The Balaban J connectivity index is 2.95. The van der Waals surface area contributed by atoms with Crippen LogP contribution in [0.25, 0.3) is 0 Å². The summed E-state index contributed by atoms with van der Waals surface area (Å²) >= 11 is 0. The van der Waals surface area contributed by atoms with Crippen LogP contribution in [0.15, 0.2) is 0 Å². The average Bonchev–Trinajstić information content (AvgIpc) is 2.21. The second kappa shape index (κ2) is 10.3. The molecule has 0 aliphatic carbocycles. The van der Waals surface area contributed by atoms with Crippen LogP contribution < -0.4 is 5.32 Å². The van der Waals surface area contributed by atoms with E-state index in [1.807, 2.05) is 0 Å². The van der Waals surface area contributed by atoms with Crippen molar-refractivity contribution in [1.82, 2.24) is 5.32 Å². The lowest BCUT2D eigenvalue weighted by Gasteiger charge is -2.02. The number of carbonyl (C=O) groups is 1. The molecule has 0 saturated carbocycles. The fourth-order valence-electron chi connectivity index (χ4n) is 1.30. The highest BCUT2D eigenvalue weighted by Crippen LogP contribution is 2.06. The number of nitrogens with one attached hydrogen (secondary N) is 1. The third kappa shape index (κ3) is 9.32. The quantitative estimate of drug-likeness (QED) is 0.362. The van der Waals surface area contributed by atoms with Crippen molar-refractivity contribution in [3.63, 3.8) is 0 Å². The molecule has 14 heavy (non-hydrogen) atoms. The van der Waals surface area contributed by atoms with E-state index in [4.69, 9.17) is 5.26 Å². The fraction of sp³-hybridized carbons (Fsp3) is 0.900. The van der Waals surface area contributed by atoms with Crippen LogP contribution in [0.5, 0.6) is 0 Å². The molecule has 4 heteroatoms. The summed E-state index contributed by atoms with van der Waals surface area (Å²) in [4.78, 5) is 13.9. The number of amides is 1. The van der Waals surface area contributed by atoms with E-state index in [-0.39, 0.29) is 0 Å². The summed E-state index contributed by atoms with van der Waals surface area (Å²) in [5.41, 5.74) is 0. The van der Waals surface area contributed by atoms with E-state index in [1.54, 1.807) is 0 Å². The molecule has 0 rings (SSSR count). The maximum atomic E-state index is 10.4. The molecular weight excluding hydrogens is 182 g/mol. The molecule has 0 atom stereocenters. The highest BCUT2D eigenvalue weighted by molar-refractivity contribution is 5.66. The van der Waals surface area contributed by atoms with E-state index >= 15 is 0 Å². The molecule has 0 aromatic heterocycles. The zero-order valence-corrected chi connectivity index (χ0v) is 8.92. The van der Waals surface area contributed by atoms with Gasteiger partial charge in [-0.1, -0.05) is 45.4 Å². The Morgan fingerprint density at radius 1 is 1.14 bits per heavy atom. The van der Waals surface area contributed by atoms with Crippen molar-refractivity contribution in [2.75, 3.05) is 6.54 Å². The summed E-state index contributed by atoms with van der Waals surface area (Å²) in [6.07, 6.45) is 7.68. The zero-order chi connectivity index (χ0) is 10.6. The molecule has 0 aromatic rings. The van der Waals surface area contributed by atoms with Crippen LogP contribution in [0.1, 0.15) is 51.9 Å². The predicted molar refractivity (Wildman–Crippen MR) is 55.1 cm³/mol. The van der Waals surface area contributed by atoms with E-state index < -0.39 is 6.09 Å². The second-order valence-corrected chi connectivity index (χ2v) is 3.43. The Morgan fingerprint density at radius 3 is 2.29 bits per heavy atom. The predicted octanol–water partition coefficient (Wildman–Crippen LogP) is 2.94. The molecule has 0 aliphatic rings. The summed E-state index contributed by atoms with van der Waals surface area (Å²) in [6.45, 7) is 2.78. The Labute approximate surface area is 85.6 Å². The lowest BCUT2D eigenvalue weighted by molar-refractivity contribution is -0.177. The topological polar surface area (TPSA) is 58.6 Å². The lowest BCUT2D eigenvalue weighted by Crippen LogP contribution is -2.24. The zero-order valence-electron chi connectivity index (χ0n) is 8.92. The molecule has 0 saturated heterocycles. The van der Waals surface area contributed by atoms with Crippen LogP contribution in [0.4, 0.5) is 4.79 Å². The van der Waals surface area contributed by atoms with Gasteiger partial charge in [0.05, 0.1) is 0 Å². The van der Waals surface area contributed by atoms with Crippen molar-refractivity contribution in [2.45, 2.75) is 51.9 Å². The van der Waals surface area contributed by atoms with Crippen molar-refractivity contribution >= 4 is 6.09 Å². The molecule has 0 heterocycles. The first-order chi connectivity index (χ1) is 6.81. The van der Waals surface area contributed by atoms with Gasteiger partial charge in [-0.15, -0.1) is 0 Å². The minimum Gasteiger partial charge on any atom is -0.319 e. The maximum Gasteiger partial charge on any atom is 0.438 e.